The van der Waals surface area contributed by atoms with Crippen LogP contribution in [0.2, 0.25) is 0 Å². The van der Waals surface area contributed by atoms with Crippen LogP contribution in [0.1, 0.15) is 70.9 Å². The van der Waals surface area contributed by atoms with Crippen LogP contribution in [0, 0.1) is 5.41 Å². The summed E-state index contributed by atoms with van der Waals surface area (Å²) in [5.41, 5.74) is 9.32. The molecule has 1 unspecified atom stereocenters. The predicted molar refractivity (Wildman–Crippen MR) is 123 cm³/mol. The van der Waals surface area contributed by atoms with Gasteiger partial charge in [-0.15, -0.1) is 0 Å². The minimum atomic E-state index is 0.183. The van der Waals surface area contributed by atoms with E-state index < -0.39 is 0 Å². The fourth-order valence-electron chi connectivity index (χ4n) is 5.50. The first kappa shape index (κ1) is 19.2. The van der Waals surface area contributed by atoms with Crippen LogP contribution >= 0.6 is 0 Å². The number of hydrogen-bond donors (Lipinski definition) is 0. The molecular weight excluding hydrogens is 336 g/mol. The summed E-state index contributed by atoms with van der Waals surface area (Å²) in [6, 6.07) is 4.90. The fourth-order valence-corrected chi connectivity index (χ4v) is 5.50. The predicted octanol–water partition coefficient (Wildman–Crippen LogP) is 6.10. The lowest BCUT2D eigenvalue weighted by molar-refractivity contribution is 0.402. The number of hydrogen-bond acceptors (Lipinski definition) is 0. The lowest BCUT2D eigenvalue weighted by atomic mass is 9.66. The minimum Gasteiger partial charge on any atom is -0.0801 e. The molecule has 0 fully saturated rings. The van der Waals surface area contributed by atoms with Crippen molar-refractivity contribution in [2.75, 3.05) is 0 Å². The molecule has 3 aliphatic rings. The van der Waals surface area contributed by atoms with E-state index in [9.17, 15) is 0 Å². The molecule has 0 heteroatoms. The Kier molecular flexibility index (Phi) is 5.32. The number of allylic oxidation sites excluding steroid dienone is 8. The van der Waals surface area contributed by atoms with Crippen molar-refractivity contribution in [3.8, 4) is 0 Å². The van der Waals surface area contributed by atoms with Crippen molar-refractivity contribution < 1.29 is 0 Å². The van der Waals surface area contributed by atoms with Crippen molar-refractivity contribution in [2.24, 2.45) is 5.41 Å². The SMILES string of the molecule is CCCc1cc(CC)cc2c1=C1C=CC(CC)(CCC)C(C3=CC=CC3)=C1C=2. The Morgan fingerprint density at radius 3 is 2.50 bits per heavy atom. The van der Waals surface area contributed by atoms with Gasteiger partial charge in [-0.2, -0.15) is 0 Å². The molecule has 0 N–H and O–H groups in total. The zero-order valence-electron chi connectivity index (χ0n) is 18.1. The normalized spacial score (nSPS) is 22.4. The highest BCUT2D eigenvalue weighted by Gasteiger charge is 2.37. The molecule has 0 heterocycles. The summed E-state index contributed by atoms with van der Waals surface area (Å²) in [5.74, 6) is 0. The van der Waals surface area contributed by atoms with E-state index in [1.807, 2.05) is 0 Å². The molecule has 28 heavy (non-hydrogen) atoms. The van der Waals surface area contributed by atoms with Crippen LogP contribution in [0.4, 0.5) is 0 Å². The van der Waals surface area contributed by atoms with E-state index in [0.717, 1.165) is 12.8 Å². The third kappa shape index (κ3) is 2.98. The van der Waals surface area contributed by atoms with Crippen LogP contribution < -0.4 is 10.4 Å². The molecule has 1 aromatic rings. The van der Waals surface area contributed by atoms with E-state index >= 15 is 0 Å². The molecule has 0 saturated heterocycles. The molecule has 0 nitrogen and oxygen atoms in total. The van der Waals surface area contributed by atoms with Crippen LogP contribution in [-0.2, 0) is 12.8 Å². The molecular formula is C28H34. The van der Waals surface area contributed by atoms with Gasteiger partial charge < -0.3 is 0 Å². The molecule has 0 aliphatic heterocycles. The average Bonchev–Trinajstić information content (AvgIpc) is 3.35. The first-order chi connectivity index (χ1) is 13.7. The van der Waals surface area contributed by atoms with Gasteiger partial charge in [-0.3, -0.25) is 0 Å². The lowest BCUT2D eigenvalue weighted by Crippen LogP contribution is -2.29. The van der Waals surface area contributed by atoms with Gasteiger partial charge >= 0.3 is 0 Å². The molecule has 4 rings (SSSR count). The van der Waals surface area contributed by atoms with Gasteiger partial charge in [0.25, 0.3) is 0 Å². The minimum absolute atomic E-state index is 0.183. The maximum atomic E-state index is 2.55. The fraction of sp³-hybridized carbons (Fsp3) is 0.429. The van der Waals surface area contributed by atoms with Gasteiger partial charge in [-0.25, -0.2) is 0 Å². The van der Waals surface area contributed by atoms with Crippen LogP contribution in [0.5, 0.6) is 0 Å². The van der Waals surface area contributed by atoms with E-state index in [0.29, 0.717) is 0 Å². The molecule has 0 spiro atoms. The molecule has 1 atom stereocenters. The highest BCUT2D eigenvalue weighted by molar-refractivity contribution is 5.92. The highest BCUT2D eigenvalue weighted by atomic mass is 14.4. The van der Waals surface area contributed by atoms with Crippen LogP contribution in [0.25, 0.3) is 11.6 Å². The Bertz CT molecular complexity index is 1020. The third-order valence-electron chi connectivity index (χ3n) is 6.85. The van der Waals surface area contributed by atoms with Crippen molar-refractivity contribution in [3.05, 3.63) is 80.8 Å². The van der Waals surface area contributed by atoms with Gasteiger partial charge in [-0.05, 0) is 82.0 Å². The zero-order chi connectivity index (χ0) is 19.7. The Hall–Kier alpha value is -2.08. The molecule has 1 aromatic carbocycles. The highest BCUT2D eigenvalue weighted by Crippen LogP contribution is 2.50. The van der Waals surface area contributed by atoms with E-state index in [2.05, 4.69) is 76.3 Å². The molecule has 0 saturated carbocycles. The van der Waals surface area contributed by atoms with Gasteiger partial charge in [0.15, 0.2) is 0 Å². The second kappa shape index (κ2) is 7.74. The second-order valence-corrected chi connectivity index (χ2v) is 8.59. The second-order valence-electron chi connectivity index (χ2n) is 8.59. The number of fused-ring (bicyclic) bond motifs is 2. The van der Waals surface area contributed by atoms with Gasteiger partial charge in [0.05, 0.1) is 0 Å². The van der Waals surface area contributed by atoms with Crippen molar-refractivity contribution in [3.63, 3.8) is 0 Å². The monoisotopic (exact) mass is 370 g/mol. The Morgan fingerprint density at radius 1 is 1.00 bits per heavy atom. The van der Waals surface area contributed by atoms with Gasteiger partial charge in [0.2, 0.25) is 0 Å². The summed E-state index contributed by atoms with van der Waals surface area (Å²) in [6.45, 7) is 9.27. The molecule has 0 aromatic heterocycles. The lowest BCUT2D eigenvalue weighted by Gasteiger charge is -2.38. The summed E-state index contributed by atoms with van der Waals surface area (Å²) in [6.07, 6.45) is 22.6. The zero-order valence-corrected chi connectivity index (χ0v) is 18.1. The van der Waals surface area contributed by atoms with Crippen LogP contribution in [0.3, 0.4) is 0 Å². The smallest absolute Gasteiger partial charge is 0.0141 e. The maximum Gasteiger partial charge on any atom is 0.0141 e. The molecule has 146 valence electrons. The Labute approximate surface area is 170 Å². The third-order valence-corrected chi connectivity index (χ3v) is 6.85. The molecule has 0 bridgehead atoms. The number of benzene rings is 1. The largest absolute Gasteiger partial charge is 0.0801 e. The van der Waals surface area contributed by atoms with Crippen molar-refractivity contribution in [1.29, 1.82) is 0 Å². The summed E-state index contributed by atoms with van der Waals surface area (Å²) in [5, 5.41) is 2.96. The topological polar surface area (TPSA) is 0 Å². The van der Waals surface area contributed by atoms with E-state index in [1.165, 1.54) is 64.8 Å². The van der Waals surface area contributed by atoms with Crippen LogP contribution in [0.15, 0.2) is 59.2 Å². The van der Waals surface area contributed by atoms with Crippen molar-refractivity contribution >= 4 is 11.6 Å². The molecule has 3 aliphatic carbocycles. The number of rotatable bonds is 7. The van der Waals surface area contributed by atoms with Gasteiger partial charge in [0, 0.05) is 5.41 Å². The first-order valence-electron chi connectivity index (χ1n) is 11.4. The van der Waals surface area contributed by atoms with Crippen molar-refractivity contribution in [2.45, 2.75) is 72.6 Å². The number of aryl methyl sites for hydroxylation is 2. The van der Waals surface area contributed by atoms with E-state index in [-0.39, 0.29) is 5.41 Å². The average molecular weight is 371 g/mol. The van der Waals surface area contributed by atoms with Crippen LogP contribution in [-0.4, -0.2) is 0 Å². The summed E-state index contributed by atoms with van der Waals surface area (Å²) >= 11 is 0. The Balaban J connectivity index is 2.04. The Morgan fingerprint density at radius 2 is 1.86 bits per heavy atom. The van der Waals surface area contributed by atoms with Gasteiger partial charge in [-0.1, -0.05) is 83.0 Å². The first-order valence-corrected chi connectivity index (χ1v) is 11.4. The summed E-state index contributed by atoms with van der Waals surface area (Å²) in [4.78, 5) is 0. The summed E-state index contributed by atoms with van der Waals surface area (Å²) in [7, 11) is 0. The maximum absolute atomic E-state index is 2.55. The van der Waals surface area contributed by atoms with Gasteiger partial charge in [0.1, 0.15) is 0 Å². The summed E-state index contributed by atoms with van der Waals surface area (Å²) < 4.78 is 0. The van der Waals surface area contributed by atoms with Crippen molar-refractivity contribution in [1.82, 2.24) is 0 Å². The standard InChI is InChI=1S/C28H34/c1-5-11-22-17-20(7-3)18-23-19-25-24(26(22)23)14-16-28(8-4,15-6-2)27(25)21-12-9-10-13-21/h9-10,12,14,16-19H,5-8,11,13,15H2,1-4H3. The van der Waals surface area contributed by atoms with E-state index in [4.69, 9.17) is 0 Å². The molecule has 0 amide bonds. The quantitative estimate of drug-likeness (QED) is 0.544. The molecule has 0 radical (unpaired) electrons. The van der Waals surface area contributed by atoms with E-state index in [1.54, 1.807) is 11.1 Å².